The maximum Gasteiger partial charge on any atom is 0.313 e. The van der Waals surface area contributed by atoms with Gasteiger partial charge in [-0.25, -0.2) is 0 Å². The minimum absolute atomic E-state index is 0.0663. The van der Waals surface area contributed by atoms with E-state index in [0.717, 1.165) is 24.8 Å². The molecular weight excluding hydrogens is 326 g/mol. The lowest BCUT2D eigenvalue weighted by molar-refractivity contribution is -0.150. The fraction of sp³-hybridized carbons (Fsp3) is 0.591. The molecular formula is C22H25NO3. The van der Waals surface area contributed by atoms with Crippen molar-refractivity contribution in [2.24, 2.45) is 22.7 Å². The molecule has 0 bridgehead atoms. The van der Waals surface area contributed by atoms with Crippen molar-refractivity contribution in [3.05, 3.63) is 34.4 Å². The molecule has 4 atom stereocenters. The van der Waals surface area contributed by atoms with Crippen molar-refractivity contribution in [1.29, 1.82) is 5.26 Å². The molecule has 0 amide bonds. The Morgan fingerprint density at radius 2 is 2.04 bits per heavy atom. The van der Waals surface area contributed by atoms with Crippen molar-refractivity contribution < 1.29 is 14.7 Å². The standard InChI is InChI=1S/C22H25NO3/c1-13-17-7-9-22(20(25)26)8-6-15(14-4-3-5-14)10-18(22)21(17,2)11-16(12-23)19(13)24/h10-11,13,17H,3-9H2,1-2H3,(H,25,26). The van der Waals surface area contributed by atoms with Crippen LogP contribution in [0, 0.1) is 34.0 Å². The van der Waals surface area contributed by atoms with Crippen LogP contribution in [0.2, 0.25) is 0 Å². The van der Waals surface area contributed by atoms with Gasteiger partial charge < -0.3 is 5.11 Å². The van der Waals surface area contributed by atoms with E-state index in [2.05, 4.69) is 19.1 Å². The second-order valence-corrected chi connectivity index (χ2v) is 8.68. The van der Waals surface area contributed by atoms with Crippen molar-refractivity contribution in [1.82, 2.24) is 0 Å². The van der Waals surface area contributed by atoms with Crippen LogP contribution in [-0.2, 0) is 9.59 Å². The van der Waals surface area contributed by atoms with Gasteiger partial charge in [0.2, 0.25) is 0 Å². The van der Waals surface area contributed by atoms with E-state index in [0.29, 0.717) is 19.3 Å². The summed E-state index contributed by atoms with van der Waals surface area (Å²) in [5.41, 5.74) is 2.51. The third-order valence-corrected chi connectivity index (χ3v) is 7.56. The quantitative estimate of drug-likeness (QED) is 0.762. The van der Waals surface area contributed by atoms with E-state index >= 15 is 0 Å². The number of carboxylic acid groups (broad SMARTS) is 1. The smallest absolute Gasteiger partial charge is 0.313 e. The lowest BCUT2D eigenvalue weighted by Gasteiger charge is -2.55. The molecule has 4 rings (SSSR count). The molecule has 4 unspecified atom stereocenters. The van der Waals surface area contributed by atoms with Gasteiger partial charge in [0.15, 0.2) is 5.78 Å². The van der Waals surface area contributed by atoms with Crippen molar-refractivity contribution in [2.75, 3.05) is 0 Å². The monoisotopic (exact) mass is 351 g/mol. The largest absolute Gasteiger partial charge is 0.481 e. The van der Waals surface area contributed by atoms with Crippen LogP contribution in [0.15, 0.2) is 34.4 Å². The molecule has 0 aliphatic heterocycles. The summed E-state index contributed by atoms with van der Waals surface area (Å²) in [6.45, 7) is 3.95. The highest BCUT2D eigenvalue weighted by Crippen LogP contribution is 2.62. The summed E-state index contributed by atoms with van der Waals surface area (Å²) < 4.78 is 0. The molecule has 0 saturated heterocycles. The van der Waals surface area contributed by atoms with Crippen molar-refractivity contribution in [2.45, 2.75) is 58.8 Å². The minimum Gasteiger partial charge on any atom is -0.481 e. The topological polar surface area (TPSA) is 78.2 Å². The number of ketones is 1. The molecule has 1 N–H and O–H groups in total. The normalized spacial score (nSPS) is 39.0. The van der Waals surface area contributed by atoms with Gasteiger partial charge in [0, 0.05) is 11.3 Å². The zero-order valence-electron chi connectivity index (χ0n) is 15.5. The van der Waals surface area contributed by atoms with Crippen LogP contribution in [0.3, 0.4) is 0 Å². The first-order valence-corrected chi connectivity index (χ1v) is 9.67. The first-order chi connectivity index (χ1) is 12.3. The number of hydrogen-bond acceptors (Lipinski definition) is 3. The Kier molecular flexibility index (Phi) is 3.77. The number of nitriles is 1. The maximum atomic E-state index is 12.5. The van der Waals surface area contributed by atoms with Crippen molar-refractivity contribution >= 4 is 11.8 Å². The summed E-state index contributed by atoms with van der Waals surface area (Å²) in [6.07, 6.45) is 10.2. The Balaban J connectivity index is 1.94. The molecule has 0 spiro atoms. The Bertz CT molecular complexity index is 834. The first kappa shape index (κ1) is 17.3. The Morgan fingerprint density at radius 1 is 1.31 bits per heavy atom. The third kappa shape index (κ3) is 2.13. The molecule has 26 heavy (non-hydrogen) atoms. The Hall–Kier alpha value is -2.15. The molecule has 4 aliphatic carbocycles. The van der Waals surface area contributed by atoms with Gasteiger partial charge in [-0.3, -0.25) is 9.59 Å². The second-order valence-electron chi connectivity index (χ2n) is 8.68. The van der Waals surface area contributed by atoms with Gasteiger partial charge in [-0.05, 0) is 62.0 Å². The van der Waals surface area contributed by atoms with E-state index in [1.165, 1.54) is 17.6 Å². The molecule has 2 saturated carbocycles. The van der Waals surface area contributed by atoms with Gasteiger partial charge in [0.1, 0.15) is 6.07 Å². The molecule has 0 aromatic rings. The van der Waals surface area contributed by atoms with E-state index in [4.69, 9.17) is 0 Å². The van der Waals surface area contributed by atoms with Crippen LogP contribution in [0.4, 0.5) is 0 Å². The average Bonchev–Trinajstić information content (AvgIpc) is 2.57. The second kappa shape index (κ2) is 5.67. The molecule has 0 aromatic carbocycles. The molecule has 0 radical (unpaired) electrons. The predicted molar refractivity (Wildman–Crippen MR) is 97.0 cm³/mol. The van der Waals surface area contributed by atoms with Crippen LogP contribution in [0.25, 0.3) is 0 Å². The molecule has 136 valence electrons. The predicted octanol–water partition coefficient (Wildman–Crippen LogP) is 4.34. The summed E-state index contributed by atoms with van der Waals surface area (Å²) in [7, 11) is 0. The summed E-state index contributed by atoms with van der Waals surface area (Å²) in [5.74, 6) is -1.02. The molecule has 4 aliphatic rings. The van der Waals surface area contributed by atoms with Gasteiger partial charge in [0.05, 0.1) is 11.0 Å². The molecule has 0 heterocycles. The number of fused-ring (bicyclic) bond motifs is 3. The number of nitrogens with zero attached hydrogens (tertiary/aromatic N) is 1. The molecule has 2 fully saturated rings. The lowest BCUT2D eigenvalue weighted by atomic mass is 9.47. The van der Waals surface area contributed by atoms with Crippen LogP contribution in [-0.4, -0.2) is 16.9 Å². The highest BCUT2D eigenvalue weighted by atomic mass is 16.4. The number of allylic oxidation sites excluding steroid dienone is 5. The maximum absolute atomic E-state index is 12.5. The Morgan fingerprint density at radius 3 is 2.62 bits per heavy atom. The zero-order valence-corrected chi connectivity index (χ0v) is 15.5. The summed E-state index contributed by atoms with van der Waals surface area (Å²) in [5, 5.41) is 19.6. The van der Waals surface area contributed by atoms with Gasteiger partial charge in [-0.1, -0.05) is 31.6 Å². The molecule has 0 aromatic heterocycles. The van der Waals surface area contributed by atoms with Crippen LogP contribution >= 0.6 is 0 Å². The van der Waals surface area contributed by atoms with Gasteiger partial charge in [0.25, 0.3) is 0 Å². The number of hydrogen-bond donors (Lipinski definition) is 1. The van der Waals surface area contributed by atoms with Crippen LogP contribution < -0.4 is 0 Å². The number of aliphatic carboxylic acids is 1. The number of carbonyl (C=O) groups is 2. The van der Waals surface area contributed by atoms with Crippen molar-refractivity contribution in [3.8, 4) is 6.07 Å². The van der Waals surface area contributed by atoms with E-state index in [-0.39, 0.29) is 23.2 Å². The van der Waals surface area contributed by atoms with Gasteiger partial charge >= 0.3 is 5.97 Å². The minimum atomic E-state index is -0.851. The lowest BCUT2D eigenvalue weighted by Crippen LogP contribution is -2.52. The van der Waals surface area contributed by atoms with Crippen molar-refractivity contribution in [3.63, 3.8) is 0 Å². The summed E-state index contributed by atoms with van der Waals surface area (Å²) >= 11 is 0. The number of carboxylic acids is 1. The van der Waals surface area contributed by atoms with Crippen LogP contribution in [0.1, 0.15) is 58.8 Å². The number of Topliss-reactive ketones (excluding diaryl/α,β-unsaturated/α-hetero) is 1. The third-order valence-electron chi connectivity index (χ3n) is 7.56. The van der Waals surface area contributed by atoms with E-state index in [1.807, 2.05) is 6.92 Å². The molecule has 4 nitrogen and oxygen atoms in total. The highest BCUT2D eigenvalue weighted by Gasteiger charge is 2.59. The summed E-state index contributed by atoms with van der Waals surface area (Å²) in [4.78, 5) is 24.9. The fourth-order valence-electron chi connectivity index (χ4n) is 5.82. The number of carbonyl (C=O) groups excluding carboxylic acids is 1. The Labute approximate surface area is 154 Å². The summed E-state index contributed by atoms with van der Waals surface area (Å²) in [6, 6.07) is 2.06. The van der Waals surface area contributed by atoms with E-state index in [9.17, 15) is 20.0 Å². The van der Waals surface area contributed by atoms with E-state index in [1.54, 1.807) is 6.08 Å². The SMILES string of the molecule is CC1C(=O)C(C#N)=CC2(C)C3=CC(=C4CCC4)CCC3(C(=O)O)CCC12. The van der Waals surface area contributed by atoms with Gasteiger partial charge in [-0.15, -0.1) is 0 Å². The first-order valence-electron chi connectivity index (χ1n) is 9.67. The number of rotatable bonds is 1. The van der Waals surface area contributed by atoms with Crippen LogP contribution in [0.5, 0.6) is 0 Å². The van der Waals surface area contributed by atoms with E-state index < -0.39 is 16.8 Å². The average molecular weight is 351 g/mol. The van der Waals surface area contributed by atoms with Gasteiger partial charge in [-0.2, -0.15) is 5.26 Å². The zero-order chi connectivity index (χ0) is 18.7. The highest BCUT2D eigenvalue weighted by molar-refractivity contribution is 6.02. The molecule has 4 heteroatoms. The fourth-order valence-corrected chi connectivity index (χ4v) is 5.82.